The molecule has 0 bridgehead atoms. The first-order chi connectivity index (χ1) is 9.75. The largest absolute Gasteiger partial charge is 0.381 e. The second-order valence-corrected chi connectivity index (χ2v) is 4.92. The molecule has 110 valence electrons. The zero-order valence-electron chi connectivity index (χ0n) is 11.4. The average Bonchev–Trinajstić information content (AvgIpc) is 2.96. The minimum absolute atomic E-state index is 0.186. The summed E-state index contributed by atoms with van der Waals surface area (Å²) in [5.41, 5.74) is 0.468. The van der Waals surface area contributed by atoms with Crippen LogP contribution in [0.2, 0.25) is 0 Å². The number of amides is 1. The summed E-state index contributed by atoms with van der Waals surface area (Å²) in [6.45, 7) is 3.53. The molecule has 0 aliphatic carbocycles. The van der Waals surface area contributed by atoms with Gasteiger partial charge in [0.25, 0.3) is 5.91 Å². The SMILES string of the molecule is O=C(NCCCOCC1CCOC1)c1ccc(F)cc1. The van der Waals surface area contributed by atoms with Crippen molar-refractivity contribution in [2.24, 2.45) is 5.92 Å². The molecule has 0 saturated carbocycles. The molecule has 5 heteroatoms. The summed E-state index contributed by atoms with van der Waals surface area (Å²) in [6.07, 6.45) is 1.84. The summed E-state index contributed by atoms with van der Waals surface area (Å²) < 4.78 is 23.5. The van der Waals surface area contributed by atoms with Gasteiger partial charge in [0.05, 0.1) is 13.2 Å². The van der Waals surface area contributed by atoms with Crippen LogP contribution in [0, 0.1) is 11.7 Å². The lowest BCUT2D eigenvalue weighted by Crippen LogP contribution is -2.25. The third-order valence-corrected chi connectivity index (χ3v) is 3.23. The summed E-state index contributed by atoms with van der Waals surface area (Å²) in [5.74, 6) is -0.0103. The zero-order chi connectivity index (χ0) is 14.2. The predicted molar refractivity (Wildman–Crippen MR) is 73.1 cm³/mol. The summed E-state index contributed by atoms with van der Waals surface area (Å²) in [4.78, 5) is 11.7. The molecule has 4 nitrogen and oxygen atoms in total. The minimum Gasteiger partial charge on any atom is -0.381 e. The molecule has 0 radical (unpaired) electrons. The molecule has 1 atom stereocenters. The lowest BCUT2D eigenvalue weighted by molar-refractivity contribution is 0.0853. The highest BCUT2D eigenvalue weighted by Crippen LogP contribution is 2.12. The van der Waals surface area contributed by atoms with Crippen LogP contribution < -0.4 is 5.32 Å². The van der Waals surface area contributed by atoms with Gasteiger partial charge in [0.2, 0.25) is 0 Å². The Morgan fingerprint density at radius 2 is 2.20 bits per heavy atom. The Balaban J connectivity index is 1.54. The van der Waals surface area contributed by atoms with E-state index in [-0.39, 0.29) is 11.7 Å². The lowest BCUT2D eigenvalue weighted by Gasteiger charge is -2.09. The van der Waals surface area contributed by atoms with Crippen LogP contribution in [0.5, 0.6) is 0 Å². The Bertz CT molecular complexity index is 416. The van der Waals surface area contributed by atoms with Gasteiger partial charge < -0.3 is 14.8 Å². The average molecular weight is 281 g/mol. The van der Waals surface area contributed by atoms with E-state index < -0.39 is 0 Å². The molecular formula is C15H20FNO3. The van der Waals surface area contributed by atoms with Crippen molar-refractivity contribution in [2.75, 3.05) is 33.0 Å². The molecule has 0 spiro atoms. The number of hydrogen-bond donors (Lipinski definition) is 1. The zero-order valence-corrected chi connectivity index (χ0v) is 11.4. The van der Waals surface area contributed by atoms with Gasteiger partial charge in [-0.05, 0) is 37.1 Å². The molecule has 1 fully saturated rings. The van der Waals surface area contributed by atoms with Crippen molar-refractivity contribution in [3.05, 3.63) is 35.6 Å². The Morgan fingerprint density at radius 3 is 2.90 bits per heavy atom. The maximum Gasteiger partial charge on any atom is 0.251 e. The molecule has 1 N–H and O–H groups in total. The second-order valence-electron chi connectivity index (χ2n) is 4.92. The highest BCUT2D eigenvalue weighted by Gasteiger charge is 2.15. The number of hydrogen-bond acceptors (Lipinski definition) is 3. The van der Waals surface area contributed by atoms with Gasteiger partial charge in [-0.15, -0.1) is 0 Å². The van der Waals surface area contributed by atoms with Gasteiger partial charge in [-0.2, -0.15) is 0 Å². The Kier molecular flexibility index (Phi) is 5.95. The maximum absolute atomic E-state index is 12.7. The highest BCUT2D eigenvalue weighted by atomic mass is 19.1. The monoisotopic (exact) mass is 281 g/mol. The van der Waals surface area contributed by atoms with E-state index in [2.05, 4.69) is 5.32 Å². The molecule has 0 aromatic heterocycles. The molecule has 1 saturated heterocycles. The summed E-state index contributed by atoms with van der Waals surface area (Å²) in [7, 11) is 0. The van der Waals surface area contributed by atoms with E-state index in [1.807, 2.05) is 0 Å². The third-order valence-electron chi connectivity index (χ3n) is 3.23. The molecule has 1 aliphatic rings. The fourth-order valence-corrected chi connectivity index (χ4v) is 2.04. The maximum atomic E-state index is 12.7. The number of ether oxygens (including phenoxy) is 2. The number of benzene rings is 1. The van der Waals surface area contributed by atoms with E-state index in [1.54, 1.807) is 0 Å². The molecule has 1 aliphatic heterocycles. The highest BCUT2D eigenvalue weighted by molar-refractivity contribution is 5.94. The van der Waals surface area contributed by atoms with Gasteiger partial charge in [0.1, 0.15) is 5.82 Å². The topological polar surface area (TPSA) is 47.6 Å². The van der Waals surface area contributed by atoms with Crippen molar-refractivity contribution in [3.63, 3.8) is 0 Å². The molecule has 1 heterocycles. The predicted octanol–water partition coefficient (Wildman–Crippen LogP) is 2.00. The van der Waals surface area contributed by atoms with Crippen molar-refractivity contribution in [2.45, 2.75) is 12.8 Å². The minimum atomic E-state index is -0.342. The molecule has 1 aromatic rings. The smallest absolute Gasteiger partial charge is 0.251 e. The Morgan fingerprint density at radius 1 is 1.40 bits per heavy atom. The summed E-state index contributed by atoms with van der Waals surface area (Å²) >= 11 is 0. The van der Waals surface area contributed by atoms with Crippen LogP contribution in [0.1, 0.15) is 23.2 Å². The van der Waals surface area contributed by atoms with Gasteiger partial charge in [0, 0.05) is 31.2 Å². The lowest BCUT2D eigenvalue weighted by atomic mass is 10.1. The van der Waals surface area contributed by atoms with Crippen molar-refractivity contribution in [1.29, 1.82) is 0 Å². The van der Waals surface area contributed by atoms with Crippen LogP contribution in [-0.4, -0.2) is 38.9 Å². The van der Waals surface area contributed by atoms with E-state index in [1.165, 1.54) is 24.3 Å². The van der Waals surface area contributed by atoms with Gasteiger partial charge in [-0.25, -0.2) is 4.39 Å². The second kappa shape index (κ2) is 7.97. The summed E-state index contributed by atoms with van der Waals surface area (Å²) in [5, 5.41) is 2.78. The first kappa shape index (κ1) is 14.9. The van der Waals surface area contributed by atoms with Crippen LogP contribution in [0.15, 0.2) is 24.3 Å². The van der Waals surface area contributed by atoms with Crippen LogP contribution >= 0.6 is 0 Å². The van der Waals surface area contributed by atoms with Crippen molar-refractivity contribution in [3.8, 4) is 0 Å². The summed E-state index contributed by atoms with van der Waals surface area (Å²) in [6, 6.07) is 5.51. The fourth-order valence-electron chi connectivity index (χ4n) is 2.04. The Labute approximate surface area is 118 Å². The molecule has 1 aromatic carbocycles. The van der Waals surface area contributed by atoms with E-state index in [4.69, 9.17) is 9.47 Å². The quantitative estimate of drug-likeness (QED) is 0.778. The van der Waals surface area contributed by atoms with Crippen molar-refractivity contribution < 1.29 is 18.7 Å². The van der Waals surface area contributed by atoms with Crippen LogP contribution in [-0.2, 0) is 9.47 Å². The number of halogens is 1. The molecule has 20 heavy (non-hydrogen) atoms. The molecule has 2 rings (SSSR count). The number of rotatable bonds is 7. The number of carbonyl (C=O) groups is 1. The standard InChI is InChI=1S/C15H20FNO3/c16-14-4-2-13(3-5-14)15(18)17-7-1-8-19-10-12-6-9-20-11-12/h2-5,12H,1,6-11H2,(H,17,18). The van der Waals surface area contributed by atoms with Gasteiger partial charge >= 0.3 is 0 Å². The molecular weight excluding hydrogens is 261 g/mol. The van der Waals surface area contributed by atoms with Gasteiger partial charge in [0.15, 0.2) is 0 Å². The van der Waals surface area contributed by atoms with E-state index >= 15 is 0 Å². The number of carbonyl (C=O) groups excluding carboxylic acids is 1. The van der Waals surface area contributed by atoms with Crippen molar-refractivity contribution >= 4 is 5.91 Å². The normalized spacial score (nSPS) is 18.1. The van der Waals surface area contributed by atoms with Crippen LogP contribution in [0.25, 0.3) is 0 Å². The first-order valence-corrected chi connectivity index (χ1v) is 6.95. The molecule has 1 unspecified atom stereocenters. The van der Waals surface area contributed by atoms with Gasteiger partial charge in [-0.3, -0.25) is 4.79 Å². The molecule has 1 amide bonds. The van der Waals surface area contributed by atoms with E-state index in [0.717, 1.165) is 32.7 Å². The van der Waals surface area contributed by atoms with Crippen LogP contribution in [0.4, 0.5) is 4.39 Å². The first-order valence-electron chi connectivity index (χ1n) is 6.95. The van der Waals surface area contributed by atoms with Gasteiger partial charge in [-0.1, -0.05) is 0 Å². The fraction of sp³-hybridized carbons (Fsp3) is 0.533. The number of nitrogens with one attached hydrogen (secondary N) is 1. The van der Waals surface area contributed by atoms with E-state index in [0.29, 0.717) is 24.6 Å². The van der Waals surface area contributed by atoms with Crippen molar-refractivity contribution in [1.82, 2.24) is 5.32 Å². The van der Waals surface area contributed by atoms with E-state index in [9.17, 15) is 9.18 Å². The van der Waals surface area contributed by atoms with Crippen LogP contribution in [0.3, 0.4) is 0 Å². The third kappa shape index (κ3) is 4.90. The Hall–Kier alpha value is -1.46.